The number of rotatable bonds is 4. The molecule has 16 heavy (non-hydrogen) atoms. The van der Waals surface area contributed by atoms with E-state index in [9.17, 15) is 0 Å². The summed E-state index contributed by atoms with van der Waals surface area (Å²) in [6, 6.07) is 19.3. The van der Waals surface area contributed by atoms with E-state index in [0.717, 1.165) is 12.2 Å². The summed E-state index contributed by atoms with van der Waals surface area (Å²) >= 11 is 1.90. The Morgan fingerprint density at radius 2 is 1.44 bits per heavy atom. The highest BCUT2D eigenvalue weighted by atomic mass is 32.2. The van der Waals surface area contributed by atoms with Crippen LogP contribution in [0.25, 0.3) is 0 Å². The molecule has 2 rings (SSSR count). The molecule has 0 saturated carbocycles. The Kier molecular flexibility index (Phi) is 4.06. The van der Waals surface area contributed by atoms with E-state index in [1.807, 2.05) is 11.8 Å². The van der Waals surface area contributed by atoms with Crippen molar-refractivity contribution in [1.29, 1.82) is 0 Å². The minimum absolute atomic E-state index is 1.06. The van der Waals surface area contributed by atoms with Crippen molar-refractivity contribution in [2.24, 2.45) is 0 Å². The fourth-order valence-electron chi connectivity index (χ4n) is 1.72. The molecule has 2 aromatic rings. The van der Waals surface area contributed by atoms with Crippen LogP contribution in [-0.4, -0.2) is 0 Å². The lowest BCUT2D eigenvalue weighted by Crippen LogP contribution is -1.89. The van der Waals surface area contributed by atoms with Crippen molar-refractivity contribution in [3.05, 3.63) is 65.7 Å². The fraction of sp³-hybridized carbons (Fsp3) is 0.200. The summed E-state index contributed by atoms with van der Waals surface area (Å²) in [5.41, 5.74) is 2.92. The molecule has 0 aliphatic carbocycles. The van der Waals surface area contributed by atoms with Crippen molar-refractivity contribution in [3.8, 4) is 0 Å². The van der Waals surface area contributed by atoms with Crippen molar-refractivity contribution in [2.45, 2.75) is 24.0 Å². The number of benzene rings is 2. The maximum atomic E-state index is 2.23. The van der Waals surface area contributed by atoms with Crippen molar-refractivity contribution in [2.75, 3.05) is 0 Å². The largest absolute Gasteiger partial charge is 0.121 e. The molecule has 2 aromatic carbocycles. The molecule has 0 radical (unpaired) electrons. The quantitative estimate of drug-likeness (QED) is 0.692. The smallest absolute Gasteiger partial charge is 0.0234 e. The van der Waals surface area contributed by atoms with Gasteiger partial charge in [0.25, 0.3) is 0 Å². The molecule has 0 bridgehead atoms. The van der Waals surface area contributed by atoms with Crippen LogP contribution in [0, 0.1) is 0 Å². The van der Waals surface area contributed by atoms with Crippen LogP contribution in [0.2, 0.25) is 0 Å². The van der Waals surface area contributed by atoms with Crippen LogP contribution in [0.15, 0.2) is 59.5 Å². The van der Waals surface area contributed by atoms with Crippen LogP contribution in [-0.2, 0) is 12.2 Å². The van der Waals surface area contributed by atoms with Gasteiger partial charge in [-0.1, -0.05) is 49.4 Å². The molecule has 82 valence electrons. The highest BCUT2D eigenvalue weighted by Crippen LogP contribution is 2.24. The van der Waals surface area contributed by atoms with Crippen LogP contribution in [0.3, 0.4) is 0 Å². The first kappa shape index (κ1) is 11.3. The van der Waals surface area contributed by atoms with Crippen LogP contribution < -0.4 is 0 Å². The molecule has 1 heteroatoms. The van der Waals surface area contributed by atoms with Gasteiger partial charge in [0.2, 0.25) is 0 Å². The summed E-state index contributed by atoms with van der Waals surface area (Å²) in [6.45, 7) is 2.21. The topological polar surface area (TPSA) is 0 Å². The van der Waals surface area contributed by atoms with Gasteiger partial charge >= 0.3 is 0 Å². The molecule has 0 atom stereocenters. The summed E-state index contributed by atoms with van der Waals surface area (Å²) in [7, 11) is 0. The zero-order valence-corrected chi connectivity index (χ0v) is 10.3. The molecular weight excluding hydrogens is 212 g/mol. The predicted molar refractivity (Wildman–Crippen MR) is 71.8 cm³/mol. The number of aryl methyl sites for hydroxylation is 1. The van der Waals surface area contributed by atoms with Gasteiger partial charge in [0.1, 0.15) is 0 Å². The van der Waals surface area contributed by atoms with Gasteiger partial charge in [-0.05, 0) is 29.7 Å². The number of hydrogen-bond acceptors (Lipinski definition) is 1. The van der Waals surface area contributed by atoms with E-state index in [4.69, 9.17) is 0 Å². The van der Waals surface area contributed by atoms with E-state index in [1.165, 1.54) is 16.0 Å². The maximum absolute atomic E-state index is 2.23. The average Bonchev–Trinajstić information content (AvgIpc) is 2.38. The van der Waals surface area contributed by atoms with E-state index in [1.54, 1.807) is 0 Å². The van der Waals surface area contributed by atoms with Gasteiger partial charge in [0, 0.05) is 10.6 Å². The van der Waals surface area contributed by atoms with Crippen molar-refractivity contribution in [1.82, 2.24) is 0 Å². The Labute approximate surface area is 102 Å². The van der Waals surface area contributed by atoms with E-state index < -0.39 is 0 Å². The first-order valence-corrected chi connectivity index (χ1v) is 6.63. The third kappa shape index (κ3) is 2.89. The highest BCUT2D eigenvalue weighted by Gasteiger charge is 2.00. The van der Waals surface area contributed by atoms with Crippen LogP contribution in [0.1, 0.15) is 18.1 Å². The molecule has 0 aliphatic heterocycles. The zero-order chi connectivity index (χ0) is 11.2. The molecule has 0 aromatic heterocycles. The molecule has 0 unspecified atom stereocenters. The third-order valence-electron chi connectivity index (χ3n) is 2.64. The van der Waals surface area contributed by atoms with Crippen LogP contribution >= 0.6 is 11.8 Å². The number of thioether (sulfide) groups is 1. The van der Waals surface area contributed by atoms with E-state index >= 15 is 0 Å². The van der Waals surface area contributed by atoms with Gasteiger partial charge in [-0.15, -0.1) is 11.8 Å². The van der Waals surface area contributed by atoms with E-state index in [-0.39, 0.29) is 0 Å². The summed E-state index contributed by atoms with van der Waals surface area (Å²) in [5.74, 6) is 1.06. The van der Waals surface area contributed by atoms with Gasteiger partial charge in [0.05, 0.1) is 0 Å². The van der Waals surface area contributed by atoms with Gasteiger partial charge in [-0.3, -0.25) is 0 Å². The molecule has 0 N–H and O–H groups in total. The molecule has 0 nitrogen and oxygen atoms in total. The Morgan fingerprint density at radius 1 is 0.812 bits per heavy atom. The lowest BCUT2D eigenvalue weighted by Gasteiger charge is -2.07. The van der Waals surface area contributed by atoms with Gasteiger partial charge < -0.3 is 0 Å². The average molecular weight is 228 g/mol. The van der Waals surface area contributed by atoms with Gasteiger partial charge in [-0.2, -0.15) is 0 Å². The molecular formula is C15H16S. The molecule has 0 fully saturated rings. The van der Waals surface area contributed by atoms with Gasteiger partial charge in [-0.25, -0.2) is 0 Å². The molecule has 0 spiro atoms. The Bertz CT molecular complexity index is 434. The molecule has 0 amide bonds. The normalized spacial score (nSPS) is 10.3. The minimum Gasteiger partial charge on any atom is -0.121 e. The van der Waals surface area contributed by atoms with Crippen molar-refractivity contribution < 1.29 is 0 Å². The summed E-state index contributed by atoms with van der Waals surface area (Å²) < 4.78 is 0. The first-order chi connectivity index (χ1) is 7.90. The lowest BCUT2D eigenvalue weighted by molar-refractivity contribution is 1.10. The maximum Gasteiger partial charge on any atom is 0.0234 e. The van der Waals surface area contributed by atoms with Gasteiger partial charge in [0.15, 0.2) is 0 Å². The standard InChI is InChI=1S/C15H16S/c1-2-13-8-6-7-9-14(13)12-16-15-10-4-3-5-11-15/h3-11H,2,12H2,1H3. The monoisotopic (exact) mass is 228 g/mol. The van der Waals surface area contributed by atoms with Crippen LogP contribution in [0.5, 0.6) is 0 Å². The fourth-order valence-corrected chi connectivity index (χ4v) is 2.67. The Hall–Kier alpha value is -1.21. The van der Waals surface area contributed by atoms with Crippen molar-refractivity contribution in [3.63, 3.8) is 0 Å². The number of hydrogen-bond donors (Lipinski definition) is 0. The molecule has 0 saturated heterocycles. The van der Waals surface area contributed by atoms with E-state index in [2.05, 4.69) is 61.5 Å². The third-order valence-corrected chi connectivity index (χ3v) is 3.70. The minimum atomic E-state index is 1.06. The zero-order valence-electron chi connectivity index (χ0n) is 9.52. The SMILES string of the molecule is CCc1ccccc1CSc1ccccc1. The second-order valence-corrected chi connectivity index (χ2v) is 4.77. The molecule has 0 aliphatic rings. The Balaban J connectivity index is 2.05. The second kappa shape index (κ2) is 5.76. The summed E-state index contributed by atoms with van der Waals surface area (Å²) in [6.07, 6.45) is 1.12. The van der Waals surface area contributed by atoms with Crippen LogP contribution in [0.4, 0.5) is 0 Å². The van der Waals surface area contributed by atoms with E-state index in [0.29, 0.717) is 0 Å². The van der Waals surface area contributed by atoms with Crippen molar-refractivity contribution >= 4 is 11.8 Å². The highest BCUT2D eigenvalue weighted by molar-refractivity contribution is 7.98. The predicted octanol–water partition coefficient (Wildman–Crippen LogP) is 4.54. The first-order valence-electron chi connectivity index (χ1n) is 5.65. The summed E-state index contributed by atoms with van der Waals surface area (Å²) in [5, 5.41) is 0. The summed E-state index contributed by atoms with van der Waals surface area (Å²) in [4.78, 5) is 1.34. The lowest BCUT2D eigenvalue weighted by atomic mass is 10.1. The molecule has 0 heterocycles. The second-order valence-electron chi connectivity index (χ2n) is 3.72. The Morgan fingerprint density at radius 3 is 2.12 bits per heavy atom.